The summed E-state index contributed by atoms with van der Waals surface area (Å²) < 4.78 is 44.8. The van der Waals surface area contributed by atoms with E-state index < -0.39 is 24.2 Å². The Labute approximate surface area is 172 Å². The SMILES string of the molecule is O=C(NC1CCC=C1N(Cc1ccccc1)C(=O)C(F)(F)F)OCc1ccccc1. The fourth-order valence-electron chi connectivity index (χ4n) is 3.24. The van der Waals surface area contributed by atoms with E-state index in [9.17, 15) is 22.8 Å². The van der Waals surface area contributed by atoms with Crippen LogP contribution in [0, 0.1) is 0 Å². The molecule has 0 spiro atoms. The number of alkyl halides is 3. The van der Waals surface area contributed by atoms with Crippen molar-refractivity contribution >= 4 is 12.0 Å². The molecule has 0 aromatic heterocycles. The lowest BCUT2D eigenvalue weighted by Crippen LogP contribution is -2.46. The van der Waals surface area contributed by atoms with Gasteiger partial charge >= 0.3 is 18.2 Å². The largest absolute Gasteiger partial charge is 0.471 e. The number of hydrogen-bond acceptors (Lipinski definition) is 3. The summed E-state index contributed by atoms with van der Waals surface area (Å²) in [5.74, 6) is -1.97. The minimum Gasteiger partial charge on any atom is -0.445 e. The van der Waals surface area contributed by atoms with Gasteiger partial charge in [-0.1, -0.05) is 66.7 Å². The van der Waals surface area contributed by atoms with E-state index in [2.05, 4.69) is 5.32 Å². The fraction of sp³-hybridized carbons (Fsp3) is 0.273. The van der Waals surface area contributed by atoms with Crippen LogP contribution in [-0.4, -0.2) is 29.1 Å². The van der Waals surface area contributed by atoms with Crippen molar-refractivity contribution in [2.24, 2.45) is 0 Å². The lowest BCUT2D eigenvalue weighted by Gasteiger charge is -2.29. The van der Waals surface area contributed by atoms with Crippen LogP contribution in [0.5, 0.6) is 0 Å². The molecule has 0 fully saturated rings. The summed E-state index contributed by atoms with van der Waals surface area (Å²) in [6, 6.07) is 16.7. The van der Waals surface area contributed by atoms with Gasteiger partial charge in [-0.25, -0.2) is 4.79 Å². The van der Waals surface area contributed by atoms with E-state index in [1.54, 1.807) is 60.7 Å². The Balaban J connectivity index is 1.70. The van der Waals surface area contributed by atoms with Crippen LogP contribution < -0.4 is 5.32 Å². The zero-order chi connectivity index (χ0) is 21.6. The second-order valence-corrected chi connectivity index (χ2v) is 6.84. The highest BCUT2D eigenvalue weighted by Gasteiger charge is 2.45. The van der Waals surface area contributed by atoms with Gasteiger partial charge < -0.3 is 15.0 Å². The van der Waals surface area contributed by atoms with E-state index >= 15 is 0 Å². The Kier molecular flexibility index (Phi) is 6.76. The highest BCUT2D eigenvalue weighted by molar-refractivity contribution is 5.84. The van der Waals surface area contributed by atoms with Gasteiger partial charge in [-0.2, -0.15) is 13.2 Å². The van der Waals surface area contributed by atoms with Crippen molar-refractivity contribution in [2.45, 2.75) is 38.2 Å². The fourth-order valence-corrected chi connectivity index (χ4v) is 3.24. The number of carbonyl (C=O) groups is 2. The van der Waals surface area contributed by atoms with Crippen LogP contribution in [0.15, 0.2) is 72.4 Å². The van der Waals surface area contributed by atoms with Crippen molar-refractivity contribution < 1.29 is 27.5 Å². The molecule has 2 aromatic rings. The van der Waals surface area contributed by atoms with Gasteiger partial charge in [0.1, 0.15) is 6.61 Å². The standard InChI is InChI=1S/C22H21F3N2O3/c23-22(24,25)20(28)27(14-16-8-3-1-4-9-16)19-13-7-12-18(19)26-21(29)30-15-17-10-5-2-6-11-17/h1-6,8-11,13,18H,7,12,14-15H2,(H,26,29). The number of ether oxygens (including phenoxy) is 1. The normalized spacial score (nSPS) is 16.0. The molecule has 2 aromatic carbocycles. The van der Waals surface area contributed by atoms with Crippen LogP contribution in [0.1, 0.15) is 24.0 Å². The average molecular weight is 418 g/mol. The number of carbonyl (C=O) groups excluding carboxylic acids is 2. The zero-order valence-electron chi connectivity index (χ0n) is 16.1. The molecule has 0 saturated carbocycles. The van der Waals surface area contributed by atoms with Crippen molar-refractivity contribution in [3.05, 3.63) is 83.6 Å². The number of nitrogens with zero attached hydrogens (tertiary/aromatic N) is 1. The number of benzene rings is 2. The number of nitrogens with one attached hydrogen (secondary N) is 1. The Hall–Kier alpha value is -3.29. The molecular weight excluding hydrogens is 397 g/mol. The number of amides is 2. The summed E-state index contributed by atoms with van der Waals surface area (Å²) >= 11 is 0. The Morgan fingerprint density at radius 1 is 1.00 bits per heavy atom. The maximum absolute atomic E-state index is 13.2. The van der Waals surface area contributed by atoms with Crippen molar-refractivity contribution in [1.82, 2.24) is 10.2 Å². The third-order valence-electron chi connectivity index (χ3n) is 4.65. The Bertz CT molecular complexity index is 899. The van der Waals surface area contributed by atoms with Gasteiger partial charge in [0.25, 0.3) is 0 Å². The lowest BCUT2D eigenvalue weighted by atomic mass is 10.1. The molecule has 1 aliphatic rings. The minimum absolute atomic E-state index is 0.0354. The van der Waals surface area contributed by atoms with Gasteiger partial charge in [0.2, 0.25) is 0 Å². The van der Waals surface area contributed by atoms with E-state index in [0.717, 1.165) is 5.56 Å². The second-order valence-electron chi connectivity index (χ2n) is 6.84. The average Bonchev–Trinajstić information content (AvgIpc) is 3.18. The topological polar surface area (TPSA) is 58.6 Å². The van der Waals surface area contributed by atoms with E-state index in [1.165, 1.54) is 0 Å². The lowest BCUT2D eigenvalue weighted by molar-refractivity contribution is -0.184. The minimum atomic E-state index is -5.03. The van der Waals surface area contributed by atoms with Crippen LogP contribution >= 0.6 is 0 Å². The van der Waals surface area contributed by atoms with Crippen LogP contribution in [0.3, 0.4) is 0 Å². The molecule has 1 atom stereocenters. The molecular formula is C22H21F3N2O3. The third kappa shape index (κ3) is 5.62. The van der Waals surface area contributed by atoms with E-state index in [4.69, 9.17) is 4.74 Å². The molecule has 1 aliphatic carbocycles. The van der Waals surface area contributed by atoms with Crippen molar-refractivity contribution in [2.75, 3.05) is 0 Å². The van der Waals surface area contributed by atoms with E-state index in [-0.39, 0.29) is 18.8 Å². The van der Waals surface area contributed by atoms with Gasteiger partial charge in [0, 0.05) is 5.70 Å². The monoisotopic (exact) mass is 418 g/mol. The molecule has 3 rings (SSSR count). The van der Waals surface area contributed by atoms with Gasteiger partial charge in [0.05, 0.1) is 12.6 Å². The number of allylic oxidation sites excluding steroid dienone is 1. The van der Waals surface area contributed by atoms with Crippen LogP contribution in [0.4, 0.5) is 18.0 Å². The summed E-state index contributed by atoms with van der Waals surface area (Å²) in [7, 11) is 0. The van der Waals surface area contributed by atoms with Crippen LogP contribution in [0.2, 0.25) is 0 Å². The molecule has 0 heterocycles. The molecule has 2 amide bonds. The highest BCUT2D eigenvalue weighted by atomic mass is 19.4. The molecule has 0 bridgehead atoms. The molecule has 1 unspecified atom stereocenters. The third-order valence-corrected chi connectivity index (χ3v) is 4.65. The quantitative estimate of drug-likeness (QED) is 0.749. The smallest absolute Gasteiger partial charge is 0.445 e. The molecule has 158 valence electrons. The van der Waals surface area contributed by atoms with Gasteiger partial charge in [-0.15, -0.1) is 0 Å². The van der Waals surface area contributed by atoms with Gasteiger partial charge in [-0.3, -0.25) is 4.79 Å². The van der Waals surface area contributed by atoms with Crippen LogP contribution in [0.25, 0.3) is 0 Å². The summed E-state index contributed by atoms with van der Waals surface area (Å²) in [5.41, 5.74) is 1.46. The van der Waals surface area contributed by atoms with Crippen molar-refractivity contribution in [1.29, 1.82) is 0 Å². The first-order valence-electron chi connectivity index (χ1n) is 9.44. The van der Waals surface area contributed by atoms with Gasteiger partial charge in [0.15, 0.2) is 0 Å². The molecule has 0 radical (unpaired) electrons. The number of rotatable bonds is 6. The molecule has 30 heavy (non-hydrogen) atoms. The molecule has 8 heteroatoms. The first-order chi connectivity index (χ1) is 14.3. The molecule has 5 nitrogen and oxygen atoms in total. The number of hydrogen-bond donors (Lipinski definition) is 1. The summed E-state index contributed by atoms with van der Waals surface area (Å²) in [6.07, 6.45) is -3.41. The predicted molar refractivity (Wildman–Crippen MR) is 104 cm³/mol. The maximum Gasteiger partial charge on any atom is 0.471 e. The van der Waals surface area contributed by atoms with Crippen LogP contribution in [-0.2, 0) is 22.7 Å². The van der Waals surface area contributed by atoms with Crippen molar-refractivity contribution in [3.8, 4) is 0 Å². The van der Waals surface area contributed by atoms with E-state index in [0.29, 0.717) is 23.3 Å². The van der Waals surface area contributed by atoms with Crippen molar-refractivity contribution in [3.63, 3.8) is 0 Å². The molecule has 0 saturated heterocycles. The second kappa shape index (κ2) is 9.47. The molecule has 1 N–H and O–H groups in total. The maximum atomic E-state index is 13.2. The first kappa shape index (κ1) is 21.4. The highest BCUT2D eigenvalue weighted by Crippen LogP contribution is 2.29. The Morgan fingerprint density at radius 2 is 1.60 bits per heavy atom. The predicted octanol–water partition coefficient (Wildman–Crippen LogP) is 4.55. The summed E-state index contributed by atoms with van der Waals surface area (Å²) in [6.45, 7) is -0.212. The number of alkyl carbamates (subject to hydrolysis) is 1. The van der Waals surface area contributed by atoms with Gasteiger partial charge in [-0.05, 0) is 24.0 Å². The summed E-state index contributed by atoms with van der Waals surface area (Å²) in [5, 5.41) is 2.58. The number of halogens is 3. The summed E-state index contributed by atoms with van der Waals surface area (Å²) in [4.78, 5) is 25.0. The Morgan fingerprint density at radius 3 is 2.20 bits per heavy atom. The zero-order valence-corrected chi connectivity index (χ0v) is 16.1. The molecule has 0 aliphatic heterocycles. The van der Waals surface area contributed by atoms with E-state index in [1.807, 2.05) is 6.07 Å². The first-order valence-corrected chi connectivity index (χ1v) is 9.44.